The van der Waals surface area contributed by atoms with E-state index < -0.39 is 0 Å². The molecule has 0 aromatic carbocycles. The molecule has 23 heavy (non-hydrogen) atoms. The standard InChI is InChI=1S/C14H23N7S.HI/c1-4-15-14(16-7-6-13-17-8-11(3)22-13)18-9-12-20-19-10-21(12)5-2;/h8,10H,4-7,9H2,1-3H3,(H2,15,16,18);1H. The van der Waals surface area contributed by atoms with E-state index in [4.69, 9.17) is 0 Å². The molecule has 0 saturated carbocycles. The Hall–Kier alpha value is -1.23. The minimum Gasteiger partial charge on any atom is -0.357 e. The van der Waals surface area contributed by atoms with Gasteiger partial charge in [0.15, 0.2) is 11.8 Å². The molecule has 0 unspecified atom stereocenters. The van der Waals surface area contributed by atoms with Crippen molar-refractivity contribution in [2.24, 2.45) is 4.99 Å². The first-order chi connectivity index (χ1) is 10.7. The summed E-state index contributed by atoms with van der Waals surface area (Å²) in [6.07, 6.45) is 4.54. The van der Waals surface area contributed by atoms with Crippen molar-refractivity contribution in [3.63, 3.8) is 0 Å². The van der Waals surface area contributed by atoms with E-state index in [2.05, 4.69) is 51.6 Å². The van der Waals surface area contributed by atoms with Crippen LogP contribution in [0.4, 0.5) is 0 Å². The Labute approximate surface area is 158 Å². The van der Waals surface area contributed by atoms with E-state index in [0.717, 1.165) is 42.8 Å². The number of rotatable bonds is 7. The maximum absolute atomic E-state index is 4.56. The predicted molar refractivity (Wildman–Crippen MR) is 104 cm³/mol. The quantitative estimate of drug-likeness (QED) is 0.384. The van der Waals surface area contributed by atoms with Crippen molar-refractivity contribution < 1.29 is 0 Å². The van der Waals surface area contributed by atoms with Crippen LogP contribution in [0.15, 0.2) is 17.5 Å². The molecular formula is C14H24IN7S. The van der Waals surface area contributed by atoms with Crippen LogP contribution >= 0.6 is 35.3 Å². The van der Waals surface area contributed by atoms with Gasteiger partial charge in [-0.05, 0) is 20.8 Å². The second-order valence-corrected chi connectivity index (χ2v) is 6.09. The predicted octanol–water partition coefficient (Wildman–Crippen LogP) is 1.98. The zero-order chi connectivity index (χ0) is 15.8. The molecule has 2 N–H and O–H groups in total. The first-order valence-electron chi connectivity index (χ1n) is 7.53. The van der Waals surface area contributed by atoms with Gasteiger partial charge in [-0.15, -0.1) is 45.5 Å². The number of halogens is 1. The van der Waals surface area contributed by atoms with Gasteiger partial charge in [0, 0.05) is 37.1 Å². The van der Waals surface area contributed by atoms with Crippen molar-refractivity contribution >= 4 is 41.3 Å². The van der Waals surface area contributed by atoms with E-state index >= 15 is 0 Å². The lowest BCUT2D eigenvalue weighted by Crippen LogP contribution is -2.38. The molecule has 2 heterocycles. The summed E-state index contributed by atoms with van der Waals surface area (Å²) < 4.78 is 1.99. The van der Waals surface area contributed by atoms with E-state index in [1.54, 1.807) is 17.7 Å². The number of guanidine groups is 1. The van der Waals surface area contributed by atoms with E-state index in [0.29, 0.717) is 6.54 Å². The van der Waals surface area contributed by atoms with E-state index in [1.807, 2.05) is 10.8 Å². The minimum atomic E-state index is 0. The van der Waals surface area contributed by atoms with Gasteiger partial charge < -0.3 is 15.2 Å². The van der Waals surface area contributed by atoms with Crippen LogP contribution in [0.5, 0.6) is 0 Å². The van der Waals surface area contributed by atoms with Crippen molar-refractivity contribution in [1.82, 2.24) is 30.4 Å². The number of aryl methyl sites for hydroxylation is 2. The number of nitrogens with one attached hydrogen (secondary N) is 2. The van der Waals surface area contributed by atoms with Crippen LogP contribution < -0.4 is 10.6 Å². The van der Waals surface area contributed by atoms with Crippen LogP contribution in [0, 0.1) is 6.92 Å². The van der Waals surface area contributed by atoms with E-state index in [-0.39, 0.29) is 24.0 Å². The molecule has 2 aromatic rings. The van der Waals surface area contributed by atoms with Crippen LogP contribution in [-0.4, -0.2) is 38.8 Å². The van der Waals surface area contributed by atoms with Gasteiger partial charge in [-0.1, -0.05) is 0 Å². The number of hydrogen-bond acceptors (Lipinski definition) is 5. The van der Waals surface area contributed by atoms with Gasteiger partial charge >= 0.3 is 0 Å². The van der Waals surface area contributed by atoms with Gasteiger partial charge in [-0.25, -0.2) is 9.98 Å². The Morgan fingerprint density at radius 1 is 1.35 bits per heavy atom. The molecule has 0 saturated heterocycles. The maximum Gasteiger partial charge on any atom is 0.191 e. The topological polar surface area (TPSA) is 80.0 Å². The summed E-state index contributed by atoms with van der Waals surface area (Å²) >= 11 is 1.74. The molecule has 2 rings (SSSR count). The zero-order valence-corrected chi connectivity index (χ0v) is 16.9. The van der Waals surface area contributed by atoms with Gasteiger partial charge in [0.1, 0.15) is 12.9 Å². The highest BCUT2D eigenvalue weighted by Crippen LogP contribution is 2.10. The summed E-state index contributed by atoms with van der Waals surface area (Å²) in [5, 5.41) is 15.7. The van der Waals surface area contributed by atoms with E-state index in [9.17, 15) is 0 Å². The van der Waals surface area contributed by atoms with Crippen molar-refractivity contribution in [1.29, 1.82) is 0 Å². The third-order valence-electron chi connectivity index (χ3n) is 3.06. The zero-order valence-electron chi connectivity index (χ0n) is 13.7. The molecule has 0 atom stereocenters. The van der Waals surface area contributed by atoms with Crippen LogP contribution in [0.1, 0.15) is 29.6 Å². The number of hydrogen-bond donors (Lipinski definition) is 2. The molecule has 0 spiro atoms. The van der Waals surface area contributed by atoms with Gasteiger partial charge in [0.2, 0.25) is 0 Å². The number of aliphatic imine (C=N–C) groups is 1. The molecule has 2 aromatic heterocycles. The number of nitrogens with zero attached hydrogens (tertiary/aromatic N) is 5. The summed E-state index contributed by atoms with van der Waals surface area (Å²) in [7, 11) is 0. The van der Waals surface area contributed by atoms with Gasteiger partial charge in [-0.2, -0.15) is 0 Å². The second kappa shape index (κ2) is 10.5. The highest BCUT2D eigenvalue weighted by Gasteiger charge is 2.04. The van der Waals surface area contributed by atoms with Crippen LogP contribution in [-0.2, 0) is 19.5 Å². The average molecular weight is 449 g/mol. The molecular weight excluding hydrogens is 425 g/mol. The van der Waals surface area contributed by atoms with E-state index in [1.165, 1.54) is 4.88 Å². The van der Waals surface area contributed by atoms with Crippen molar-refractivity contribution in [2.75, 3.05) is 13.1 Å². The van der Waals surface area contributed by atoms with Gasteiger partial charge in [0.05, 0.1) is 5.01 Å². The molecule has 128 valence electrons. The molecule has 0 amide bonds. The normalized spacial score (nSPS) is 11.2. The summed E-state index contributed by atoms with van der Waals surface area (Å²) in [6.45, 7) is 9.18. The molecule has 7 nitrogen and oxygen atoms in total. The molecule has 0 bridgehead atoms. The Morgan fingerprint density at radius 2 is 2.17 bits per heavy atom. The molecule has 0 aliphatic rings. The highest BCUT2D eigenvalue weighted by atomic mass is 127. The lowest BCUT2D eigenvalue weighted by atomic mass is 10.4. The summed E-state index contributed by atoms with van der Waals surface area (Å²) in [4.78, 5) is 10.2. The monoisotopic (exact) mass is 449 g/mol. The third kappa shape index (κ3) is 6.42. The van der Waals surface area contributed by atoms with Gasteiger partial charge in [0.25, 0.3) is 0 Å². The first kappa shape index (κ1) is 19.8. The van der Waals surface area contributed by atoms with Gasteiger partial charge in [-0.3, -0.25) is 0 Å². The lowest BCUT2D eigenvalue weighted by Gasteiger charge is -2.10. The number of thiazole rings is 1. The molecule has 0 fully saturated rings. The van der Waals surface area contributed by atoms with Crippen LogP contribution in [0.3, 0.4) is 0 Å². The average Bonchev–Trinajstić information content (AvgIpc) is 3.13. The Balaban J connectivity index is 0.00000264. The molecule has 0 aliphatic carbocycles. The fourth-order valence-corrected chi connectivity index (χ4v) is 2.75. The summed E-state index contributed by atoms with van der Waals surface area (Å²) in [5.74, 6) is 1.66. The Kier molecular flexibility index (Phi) is 9.07. The summed E-state index contributed by atoms with van der Waals surface area (Å²) in [6, 6.07) is 0. The summed E-state index contributed by atoms with van der Waals surface area (Å²) in [5.41, 5.74) is 0. The maximum atomic E-state index is 4.56. The number of aromatic nitrogens is 4. The van der Waals surface area contributed by atoms with Crippen molar-refractivity contribution in [3.05, 3.63) is 28.2 Å². The smallest absolute Gasteiger partial charge is 0.191 e. The highest BCUT2D eigenvalue weighted by molar-refractivity contribution is 14.0. The Morgan fingerprint density at radius 3 is 2.83 bits per heavy atom. The van der Waals surface area contributed by atoms with Crippen LogP contribution in [0.2, 0.25) is 0 Å². The molecule has 9 heteroatoms. The van der Waals surface area contributed by atoms with Crippen LogP contribution in [0.25, 0.3) is 0 Å². The SMILES string of the molecule is CCNC(=NCc1nncn1CC)NCCc1ncc(C)s1.I. The fraction of sp³-hybridized carbons (Fsp3) is 0.571. The second-order valence-electron chi connectivity index (χ2n) is 4.77. The first-order valence-corrected chi connectivity index (χ1v) is 8.34. The Bertz CT molecular complexity index is 608. The lowest BCUT2D eigenvalue weighted by molar-refractivity contribution is 0.693. The largest absolute Gasteiger partial charge is 0.357 e. The molecule has 0 aliphatic heterocycles. The minimum absolute atomic E-state index is 0. The third-order valence-corrected chi connectivity index (χ3v) is 4.03. The fourth-order valence-electron chi connectivity index (χ4n) is 1.96. The molecule has 0 radical (unpaired) electrons. The van der Waals surface area contributed by atoms with Crippen molar-refractivity contribution in [2.45, 2.75) is 40.3 Å². The van der Waals surface area contributed by atoms with Crippen molar-refractivity contribution in [3.8, 4) is 0 Å².